The van der Waals surface area contributed by atoms with Crippen LogP contribution in [0, 0.1) is 0 Å². The summed E-state index contributed by atoms with van der Waals surface area (Å²) in [6.07, 6.45) is -0.0345. The Bertz CT molecular complexity index is 287. The lowest BCUT2D eigenvalue weighted by Gasteiger charge is -2.35. The summed E-state index contributed by atoms with van der Waals surface area (Å²) in [5.41, 5.74) is 0. The fourth-order valence-electron chi connectivity index (χ4n) is 2.37. The van der Waals surface area contributed by atoms with Gasteiger partial charge in [-0.2, -0.15) is 0 Å². The number of aliphatic hydroxyl groups excluding tert-OH is 1. The molecule has 6 heteroatoms. The van der Waals surface area contributed by atoms with E-state index in [0.717, 1.165) is 6.54 Å². The first-order valence-corrected chi connectivity index (χ1v) is 6.53. The van der Waals surface area contributed by atoms with Crippen molar-refractivity contribution in [2.24, 2.45) is 0 Å². The Kier molecular flexibility index (Phi) is 4.94. The summed E-state index contributed by atoms with van der Waals surface area (Å²) in [6, 6.07) is 0. The van der Waals surface area contributed by atoms with Crippen LogP contribution in [-0.2, 0) is 14.3 Å². The highest BCUT2D eigenvalue weighted by Gasteiger charge is 2.26. The largest absolute Gasteiger partial charge is 0.394 e. The molecule has 0 aromatic rings. The van der Waals surface area contributed by atoms with Crippen LogP contribution in [0.15, 0.2) is 0 Å². The number of hydrogen-bond acceptors (Lipinski definition) is 5. The van der Waals surface area contributed by atoms with Gasteiger partial charge in [0.05, 0.1) is 38.6 Å². The van der Waals surface area contributed by atoms with Crippen LogP contribution in [0.1, 0.15) is 6.92 Å². The predicted molar refractivity (Wildman–Crippen MR) is 65.3 cm³/mol. The average molecular weight is 258 g/mol. The van der Waals surface area contributed by atoms with E-state index in [1.807, 2.05) is 16.7 Å². The summed E-state index contributed by atoms with van der Waals surface area (Å²) in [5, 5.41) is 9.06. The van der Waals surface area contributed by atoms with E-state index in [1.165, 1.54) is 0 Å². The number of hydrogen-bond donors (Lipinski definition) is 1. The highest BCUT2D eigenvalue weighted by molar-refractivity contribution is 5.78. The Morgan fingerprint density at radius 1 is 1.28 bits per heavy atom. The molecule has 2 atom stereocenters. The van der Waals surface area contributed by atoms with Crippen molar-refractivity contribution >= 4 is 5.91 Å². The lowest BCUT2D eigenvalue weighted by molar-refractivity contribution is -0.141. The van der Waals surface area contributed by atoms with E-state index in [9.17, 15) is 4.79 Å². The number of aliphatic hydroxyl groups is 1. The molecule has 18 heavy (non-hydrogen) atoms. The summed E-state index contributed by atoms with van der Waals surface area (Å²) in [6.45, 7) is 6.34. The van der Waals surface area contributed by atoms with Crippen molar-refractivity contribution < 1.29 is 19.4 Å². The van der Waals surface area contributed by atoms with Gasteiger partial charge in [-0.15, -0.1) is 0 Å². The molecule has 0 spiro atoms. The molecule has 2 unspecified atom stereocenters. The maximum Gasteiger partial charge on any atom is 0.236 e. The second-order valence-corrected chi connectivity index (χ2v) is 4.93. The van der Waals surface area contributed by atoms with E-state index < -0.39 is 0 Å². The van der Waals surface area contributed by atoms with Crippen LogP contribution < -0.4 is 0 Å². The molecule has 2 fully saturated rings. The molecular formula is C12H22N2O4. The quantitative estimate of drug-likeness (QED) is 0.698. The van der Waals surface area contributed by atoms with Gasteiger partial charge in [-0.05, 0) is 6.92 Å². The monoisotopic (exact) mass is 258 g/mol. The number of morpholine rings is 2. The van der Waals surface area contributed by atoms with Gasteiger partial charge in [-0.3, -0.25) is 9.69 Å². The zero-order chi connectivity index (χ0) is 13.0. The smallest absolute Gasteiger partial charge is 0.236 e. The van der Waals surface area contributed by atoms with E-state index in [2.05, 4.69) is 0 Å². The molecule has 0 saturated carbocycles. The zero-order valence-electron chi connectivity index (χ0n) is 10.9. The molecule has 0 aromatic heterocycles. The highest BCUT2D eigenvalue weighted by atomic mass is 16.5. The molecule has 2 heterocycles. The van der Waals surface area contributed by atoms with Gasteiger partial charge in [0.1, 0.15) is 0 Å². The Balaban J connectivity index is 1.79. The maximum absolute atomic E-state index is 12.1. The van der Waals surface area contributed by atoms with Crippen LogP contribution in [0.3, 0.4) is 0 Å². The predicted octanol–water partition coefficient (Wildman–Crippen LogP) is -1.07. The van der Waals surface area contributed by atoms with E-state index in [-0.39, 0.29) is 24.7 Å². The van der Waals surface area contributed by atoms with Crippen molar-refractivity contribution in [2.75, 3.05) is 52.5 Å². The molecule has 2 aliphatic rings. The first-order valence-electron chi connectivity index (χ1n) is 6.53. The molecule has 2 rings (SSSR count). The van der Waals surface area contributed by atoms with Gasteiger partial charge in [-0.25, -0.2) is 0 Å². The molecule has 0 aromatic carbocycles. The highest BCUT2D eigenvalue weighted by Crippen LogP contribution is 2.08. The number of carbonyl (C=O) groups excluding carboxylic acids is 1. The van der Waals surface area contributed by atoms with E-state index in [0.29, 0.717) is 39.4 Å². The van der Waals surface area contributed by atoms with Gasteiger partial charge >= 0.3 is 0 Å². The molecule has 0 aliphatic carbocycles. The van der Waals surface area contributed by atoms with Crippen LogP contribution in [0.2, 0.25) is 0 Å². The van der Waals surface area contributed by atoms with Crippen LogP contribution >= 0.6 is 0 Å². The van der Waals surface area contributed by atoms with Gasteiger partial charge in [0, 0.05) is 26.2 Å². The molecule has 6 nitrogen and oxygen atoms in total. The Morgan fingerprint density at radius 2 is 2.06 bits per heavy atom. The minimum Gasteiger partial charge on any atom is -0.394 e. The van der Waals surface area contributed by atoms with Crippen molar-refractivity contribution in [3.63, 3.8) is 0 Å². The molecular weight excluding hydrogens is 236 g/mol. The standard InChI is InChI=1S/C12H22N2O4/c1-10-6-14(3-5-17-10)12(16)8-13-2-4-18-11(7-13)9-15/h10-11,15H,2-9H2,1H3. The molecule has 1 amide bonds. The maximum atomic E-state index is 12.1. The SMILES string of the molecule is CC1CN(C(=O)CN2CCOC(CO)C2)CCO1. The third kappa shape index (κ3) is 3.65. The molecule has 1 N–H and O–H groups in total. The third-order valence-corrected chi connectivity index (χ3v) is 3.38. The van der Waals surface area contributed by atoms with Crippen molar-refractivity contribution in [1.29, 1.82) is 0 Å². The van der Waals surface area contributed by atoms with Crippen LogP contribution in [-0.4, -0.2) is 85.6 Å². The second kappa shape index (κ2) is 6.47. The molecule has 2 saturated heterocycles. The van der Waals surface area contributed by atoms with Crippen LogP contribution in [0.4, 0.5) is 0 Å². The summed E-state index contributed by atoms with van der Waals surface area (Å²) < 4.78 is 10.8. The van der Waals surface area contributed by atoms with Gasteiger partial charge in [0.2, 0.25) is 5.91 Å². The summed E-state index contributed by atoms with van der Waals surface area (Å²) in [7, 11) is 0. The lowest BCUT2D eigenvalue weighted by atomic mass is 10.2. The first kappa shape index (κ1) is 13.7. The number of nitrogens with zero attached hydrogens (tertiary/aromatic N) is 2. The van der Waals surface area contributed by atoms with E-state index in [4.69, 9.17) is 14.6 Å². The number of ether oxygens (including phenoxy) is 2. The molecule has 0 bridgehead atoms. The Labute approximate surface area is 107 Å². The van der Waals surface area contributed by atoms with Gasteiger partial charge in [-0.1, -0.05) is 0 Å². The summed E-state index contributed by atoms with van der Waals surface area (Å²) in [4.78, 5) is 16.0. The molecule has 104 valence electrons. The number of carbonyl (C=O) groups is 1. The fraction of sp³-hybridized carbons (Fsp3) is 0.917. The van der Waals surface area contributed by atoms with E-state index >= 15 is 0 Å². The normalized spacial score (nSPS) is 30.4. The Hall–Kier alpha value is -0.690. The third-order valence-electron chi connectivity index (χ3n) is 3.38. The second-order valence-electron chi connectivity index (χ2n) is 4.93. The average Bonchev–Trinajstić information content (AvgIpc) is 2.39. The van der Waals surface area contributed by atoms with Crippen molar-refractivity contribution in [3.05, 3.63) is 0 Å². The minimum atomic E-state index is -0.157. The van der Waals surface area contributed by atoms with Crippen LogP contribution in [0.5, 0.6) is 0 Å². The van der Waals surface area contributed by atoms with E-state index in [1.54, 1.807) is 0 Å². The topological polar surface area (TPSA) is 62.2 Å². The molecule has 2 aliphatic heterocycles. The van der Waals surface area contributed by atoms with Crippen LogP contribution in [0.25, 0.3) is 0 Å². The summed E-state index contributed by atoms with van der Waals surface area (Å²) in [5.74, 6) is 0.142. The number of rotatable bonds is 3. The zero-order valence-corrected chi connectivity index (χ0v) is 10.9. The lowest BCUT2D eigenvalue weighted by Crippen LogP contribution is -2.51. The Morgan fingerprint density at radius 3 is 2.78 bits per heavy atom. The summed E-state index contributed by atoms with van der Waals surface area (Å²) >= 11 is 0. The van der Waals surface area contributed by atoms with Gasteiger partial charge < -0.3 is 19.5 Å². The minimum absolute atomic E-state index is 0.0132. The van der Waals surface area contributed by atoms with Crippen molar-refractivity contribution in [2.45, 2.75) is 19.1 Å². The molecule has 0 radical (unpaired) electrons. The van der Waals surface area contributed by atoms with Crippen molar-refractivity contribution in [1.82, 2.24) is 9.80 Å². The van der Waals surface area contributed by atoms with Crippen molar-refractivity contribution in [3.8, 4) is 0 Å². The van der Waals surface area contributed by atoms with Gasteiger partial charge in [0.25, 0.3) is 0 Å². The fourth-order valence-corrected chi connectivity index (χ4v) is 2.37. The first-order chi connectivity index (χ1) is 8.69. The van der Waals surface area contributed by atoms with Gasteiger partial charge in [0.15, 0.2) is 0 Å². The number of amides is 1.